The van der Waals surface area contributed by atoms with Gasteiger partial charge in [0, 0.05) is 0 Å². The van der Waals surface area contributed by atoms with Crippen LogP contribution in [0.15, 0.2) is 24.5 Å². The number of hydrogen-bond acceptors (Lipinski definition) is 7. The van der Waals surface area contributed by atoms with Gasteiger partial charge >= 0.3 is 11.9 Å². The molecule has 0 radical (unpaired) electrons. The van der Waals surface area contributed by atoms with Gasteiger partial charge in [-0.1, -0.05) is 6.07 Å². The first-order valence-electron chi connectivity index (χ1n) is 5.55. The first-order chi connectivity index (χ1) is 9.58. The highest BCUT2D eigenvalue weighted by molar-refractivity contribution is 5.97. The smallest absolute Gasteiger partial charge is 0.377 e. The number of para-hydroxylation sites is 1. The van der Waals surface area contributed by atoms with E-state index in [1.165, 1.54) is 31.3 Å². The highest BCUT2D eigenvalue weighted by Gasteiger charge is 2.17. The number of aromatic nitrogens is 3. The predicted octanol–water partition coefficient (Wildman–Crippen LogP) is 0.423. The van der Waals surface area contributed by atoms with E-state index in [-0.39, 0.29) is 17.1 Å². The Morgan fingerprint density at radius 1 is 1.20 bits per heavy atom. The van der Waals surface area contributed by atoms with Crippen LogP contribution >= 0.6 is 0 Å². The number of anilines is 1. The summed E-state index contributed by atoms with van der Waals surface area (Å²) in [6, 6.07) is 4.79. The zero-order chi connectivity index (χ0) is 14.7. The lowest BCUT2D eigenvalue weighted by atomic mass is 10.1. The summed E-state index contributed by atoms with van der Waals surface area (Å²) in [6.45, 7) is 0. The standard InChI is InChI=1S/C12H12N4O4/c1-19-11(17)7-4-3-5-8(9(7)13)16-6-14-10(15-16)12(18)20-2/h3-6H,13H2,1-2H3. The minimum absolute atomic E-state index is 0.102. The topological polar surface area (TPSA) is 109 Å². The van der Waals surface area contributed by atoms with Crippen molar-refractivity contribution in [1.82, 2.24) is 14.8 Å². The first kappa shape index (κ1) is 13.5. The molecule has 0 bridgehead atoms. The third kappa shape index (κ3) is 2.30. The molecule has 0 fully saturated rings. The number of carbonyl (C=O) groups excluding carboxylic acids is 2. The summed E-state index contributed by atoms with van der Waals surface area (Å²) in [5.74, 6) is -1.32. The van der Waals surface area contributed by atoms with Gasteiger partial charge in [0.05, 0.1) is 31.2 Å². The Hall–Kier alpha value is -2.90. The fourth-order valence-electron chi connectivity index (χ4n) is 1.60. The molecule has 1 aromatic carbocycles. The van der Waals surface area contributed by atoms with Crippen molar-refractivity contribution in [3.63, 3.8) is 0 Å². The number of rotatable bonds is 3. The summed E-state index contributed by atoms with van der Waals surface area (Å²) in [4.78, 5) is 26.7. The second-order valence-electron chi connectivity index (χ2n) is 3.73. The van der Waals surface area contributed by atoms with Crippen molar-refractivity contribution >= 4 is 17.6 Å². The van der Waals surface area contributed by atoms with Gasteiger partial charge in [-0.05, 0) is 12.1 Å². The van der Waals surface area contributed by atoms with Crippen LogP contribution in [0.5, 0.6) is 0 Å². The quantitative estimate of drug-likeness (QED) is 0.639. The largest absolute Gasteiger partial charge is 0.465 e. The Labute approximate surface area is 114 Å². The van der Waals surface area contributed by atoms with Crippen molar-refractivity contribution in [2.75, 3.05) is 20.0 Å². The van der Waals surface area contributed by atoms with Crippen molar-refractivity contribution < 1.29 is 19.1 Å². The average Bonchev–Trinajstić information content (AvgIpc) is 2.95. The molecule has 1 aromatic heterocycles. The fraction of sp³-hybridized carbons (Fsp3) is 0.167. The van der Waals surface area contributed by atoms with Gasteiger partial charge in [-0.15, -0.1) is 5.10 Å². The lowest BCUT2D eigenvalue weighted by molar-refractivity contribution is 0.0582. The average molecular weight is 276 g/mol. The van der Waals surface area contributed by atoms with Gasteiger partial charge < -0.3 is 15.2 Å². The molecule has 0 aliphatic rings. The Bertz CT molecular complexity index is 665. The molecule has 0 aliphatic heterocycles. The highest BCUT2D eigenvalue weighted by Crippen LogP contribution is 2.21. The van der Waals surface area contributed by atoms with Gasteiger partial charge in [0.15, 0.2) is 0 Å². The molecule has 104 valence electrons. The molecular formula is C12H12N4O4. The Morgan fingerprint density at radius 3 is 2.55 bits per heavy atom. The lowest BCUT2D eigenvalue weighted by Gasteiger charge is -2.08. The maximum atomic E-state index is 11.6. The third-order valence-electron chi connectivity index (χ3n) is 2.60. The van der Waals surface area contributed by atoms with E-state index in [0.717, 1.165) is 0 Å². The summed E-state index contributed by atoms with van der Waals surface area (Å²) in [5, 5.41) is 3.94. The molecule has 0 unspecified atom stereocenters. The molecule has 0 saturated carbocycles. The highest BCUT2D eigenvalue weighted by atomic mass is 16.5. The fourth-order valence-corrected chi connectivity index (χ4v) is 1.60. The second-order valence-corrected chi connectivity index (χ2v) is 3.73. The van der Waals surface area contributed by atoms with E-state index in [9.17, 15) is 9.59 Å². The number of nitrogens with zero attached hydrogens (tertiary/aromatic N) is 3. The number of hydrogen-bond donors (Lipinski definition) is 1. The summed E-state index contributed by atoms with van der Waals surface area (Å²) in [5.41, 5.74) is 6.71. The molecule has 0 spiro atoms. The molecule has 0 atom stereocenters. The molecule has 0 aliphatic carbocycles. The molecule has 20 heavy (non-hydrogen) atoms. The maximum absolute atomic E-state index is 11.6. The second kappa shape index (κ2) is 5.39. The molecule has 2 N–H and O–H groups in total. The zero-order valence-corrected chi connectivity index (χ0v) is 10.9. The van der Waals surface area contributed by atoms with Crippen LogP contribution in [-0.4, -0.2) is 40.9 Å². The van der Waals surface area contributed by atoms with Gasteiger partial charge in [-0.25, -0.2) is 19.3 Å². The van der Waals surface area contributed by atoms with Gasteiger partial charge in [0.2, 0.25) is 0 Å². The number of methoxy groups -OCH3 is 2. The summed E-state index contributed by atoms with van der Waals surface area (Å²) in [6.07, 6.45) is 1.30. The van der Waals surface area contributed by atoms with Crippen LogP contribution in [0.25, 0.3) is 5.69 Å². The van der Waals surface area contributed by atoms with Gasteiger partial charge in [-0.3, -0.25) is 0 Å². The molecule has 2 aromatic rings. The van der Waals surface area contributed by atoms with Gasteiger partial charge in [0.1, 0.15) is 6.33 Å². The minimum Gasteiger partial charge on any atom is -0.465 e. The molecule has 1 heterocycles. The van der Waals surface area contributed by atoms with E-state index in [1.54, 1.807) is 12.1 Å². The van der Waals surface area contributed by atoms with E-state index in [2.05, 4.69) is 19.6 Å². The van der Waals surface area contributed by atoms with Gasteiger partial charge in [0.25, 0.3) is 5.82 Å². The molecule has 2 rings (SSSR count). The Balaban J connectivity index is 2.45. The Morgan fingerprint density at radius 2 is 1.90 bits per heavy atom. The summed E-state index contributed by atoms with van der Waals surface area (Å²) < 4.78 is 10.4. The van der Waals surface area contributed by atoms with Crippen LogP contribution in [0.3, 0.4) is 0 Å². The van der Waals surface area contributed by atoms with E-state index < -0.39 is 11.9 Å². The summed E-state index contributed by atoms with van der Waals surface area (Å²) in [7, 11) is 2.49. The predicted molar refractivity (Wildman–Crippen MR) is 68.5 cm³/mol. The van der Waals surface area contributed by atoms with Crippen molar-refractivity contribution in [2.45, 2.75) is 0 Å². The number of nitrogen functional groups attached to an aromatic ring is 1. The van der Waals surface area contributed by atoms with E-state index in [1.807, 2.05) is 0 Å². The van der Waals surface area contributed by atoms with Crippen molar-refractivity contribution in [2.24, 2.45) is 0 Å². The zero-order valence-electron chi connectivity index (χ0n) is 10.9. The van der Waals surface area contributed by atoms with E-state index in [4.69, 9.17) is 5.73 Å². The van der Waals surface area contributed by atoms with Crippen LogP contribution in [0.2, 0.25) is 0 Å². The SMILES string of the molecule is COC(=O)c1ncn(-c2cccc(C(=O)OC)c2N)n1. The Kier molecular flexibility index (Phi) is 3.65. The lowest BCUT2D eigenvalue weighted by Crippen LogP contribution is -2.10. The molecule has 8 nitrogen and oxygen atoms in total. The molecule has 8 heteroatoms. The number of ether oxygens (including phenoxy) is 2. The van der Waals surface area contributed by atoms with Crippen LogP contribution in [-0.2, 0) is 9.47 Å². The van der Waals surface area contributed by atoms with Crippen molar-refractivity contribution in [3.05, 3.63) is 35.9 Å². The van der Waals surface area contributed by atoms with Gasteiger partial charge in [-0.2, -0.15) is 0 Å². The first-order valence-corrected chi connectivity index (χ1v) is 5.55. The monoisotopic (exact) mass is 276 g/mol. The third-order valence-corrected chi connectivity index (χ3v) is 2.60. The number of nitrogens with two attached hydrogens (primary N) is 1. The molecule has 0 saturated heterocycles. The van der Waals surface area contributed by atoms with Crippen molar-refractivity contribution in [1.29, 1.82) is 0 Å². The number of carbonyl (C=O) groups is 2. The van der Waals surface area contributed by atoms with E-state index >= 15 is 0 Å². The van der Waals surface area contributed by atoms with Crippen LogP contribution in [0.1, 0.15) is 21.0 Å². The molecule has 0 amide bonds. The molecular weight excluding hydrogens is 264 g/mol. The van der Waals surface area contributed by atoms with Crippen LogP contribution in [0, 0.1) is 0 Å². The minimum atomic E-state index is -0.661. The van der Waals surface area contributed by atoms with Crippen LogP contribution < -0.4 is 5.73 Å². The van der Waals surface area contributed by atoms with Crippen LogP contribution in [0.4, 0.5) is 5.69 Å². The summed E-state index contributed by atoms with van der Waals surface area (Å²) >= 11 is 0. The normalized spacial score (nSPS) is 10.1. The van der Waals surface area contributed by atoms with E-state index in [0.29, 0.717) is 5.69 Å². The van der Waals surface area contributed by atoms with Crippen molar-refractivity contribution in [3.8, 4) is 5.69 Å². The number of benzene rings is 1. The number of esters is 2. The maximum Gasteiger partial charge on any atom is 0.377 e.